The Balaban J connectivity index is 2.10. The topological polar surface area (TPSA) is 61.8 Å². The minimum absolute atomic E-state index is 0.212. The minimum Gasteiger partial charge on any atom is -0.276 e. The maximum atomic E-state index is 11.5. The van der Waals surface area contributed by atoms with Gasteiger partial charge in [0.2, 0.25) is 5.91 Å². The Kier molecular flexibility index (Phi) is 3.18. The molecule has 0 aromatic heterocycles. The van der Waals surface area contributed by atoms with E-state index in [1.807, 2.05) is 30.3 Å². The molecule has 1 atom stereocenters. The van der Waals surface area contributed by atoms with Crippen LogP contribution in [0.25, 0.3) is 0 Å². The number of carbonyl (C=O) groups is 2. The van der Waals surface area contributed by atoms with Gasteiger partial charge in [0, 0.05) is 6.42 Å². The van der Waals surface area contributed by atoms with Crippen LogP contribution in [0, 0.1) is 0 Å². The summed E-state index contributed by atoms with van der Waals surface area (Å²) in [4.78, 5) is 22.6. The average molecular weight is 231 g/mol. The van der Waals surface area contributed by atoms with Crippen LogP contribution < -0.4 is 5.32 Å². The number of carbonyl (C=O) groups excluding carboxylic acids is 2. The summed E-state index contributed by atoms with van der Waals surface area (Å²) in [6.45, 7) is 1.79. The lowest BCUT2D eigenvalue weighted by atomic mass is 10.2. The van der Waals surface area contributed by atoms with Crippen LogP contribution in [0.2, 0.25) is 0 Å². The van der Waals surface area contributed by atoms with Crippen LogP contribution in [0.5, 0.6) is 0 Å². The van der Waals surface area contributed by atoms with E-state index >= 15 is 0 Å². The van der Waals surface area contributed by atoms with E-state index in [4.69, 9.17) is 0 Å². The predicted molar refractivity (Wildman–Crippen MR) is 63.5 cm³/mol. The molecule has 0 radical (unpaired) electrons. The van der Waals surface area contributed by atoms with E-state index in [-0.39, 0.29) is 18.4 Å². The summed E-state index contributed by atoms with van der Waals surface area (Å²) in [6.07, 6.45) is 1.88. The van der Waals surface area contributed by atoms with Crippen molar-refractivity contribution >= 4 is 18.2 Å². The molecule has 2 rings (SSSR count). The third-order valence-electron chi connectivity index (χ3n) is 2.48. The zero-order chi connectivity index (χ0) is 12.3. The second-order valence-electron chi connectivity index (χ2n) is 3.91. The van der Waals surface area contributed by atoms with Crippen molar-refractivity contribution in [1.82, 2.24) is 10.3 Å². The van der Waals surface area contributed by atoms with Gasteiger partial charge in [-0.3, -0.25) is 10.1 Å². The van der Waals surface area contributed by atoms with Gasteiger partial charge in [-0.05, 0) is 12.5 Å². The van der Waals surface area contributed by atoms with E-state index in [0.29, 0.717) is 0 Å². The highest BCUT2D eigenvalue weighted by Crippen LogP contribution is 2.10. The largest absolute Gasteiger partial charge is 0.344 e. The number of hydrazone groups is 1. The molecule has 1 aliphatic heterocycles. The number of benzene rings is 1. The molecule has 3 amide bonds. The van der Waals surface area contributed by atoms with Crippen molar-refractivity contribution in [3.05, 3.63) is 35.9 Å². The van der Waals surface area contributed by atoms with Gasteiger partial charge in [0.1, 0.15) is 0 Å². The van der Waals surface area contributed by atoms with Gasteiger partial charge < -0.3 is 0 Å². The fourth-order valence-electron chi connectivity index (χ4n) is 1.62. The van der Waals surface area contributed by atoms with Gasteiger partial charge in [-0.2, -0.15) is 5.10 Å². The Morgan fingerprint density at radius 2 is 2.06 bits per heavy atom. The summed E-state index contributed by atoms with van der Waals surface area (Å²) in [5.74, 6) is -0.256. The Morgan fingerprint density at radius 3 is 2.71 bits per heavy atom. The monoisotopic (exact) mass is 231 g/mol. The van der Waals surface area contributed by atoms with Gasteiger partial charge >= 0.3 is 6.03 Å². The summed E-state index contributed by atoms with van der Waals surface area (Å²) in [6, 6.07) is 8.79. The lowest BCUT2D eigenvalue weighted by Gasteiger charge is -2.28. The van der Waals surface area contributed by atoms with Gasteiger partial charge in [-0.15, -0.1) is 0 Å². The number of hydrogen-bond donors (Lipinski definition) is 1. The van der Waals surface area contributed by atoms with E-state index in [1.54, 1.807) is 13.1 Å². The van der Waals surface area contributed by atoms with E-state index < -0.39 is 6.03 Å². The van der Waals surface area contributed by atoms with E-state index in [9.17, 15) is 9.59 Å². The van der Waals surface area contributed by atoms with E-state index in [0.717, 1.165) is 5.56 Å². The Morgan fingerprint density at radius 1 is 1.35 bits per heavy atom. The summed E-state index contributed by atoms with van der Waals surface area (Å²) < 4.78 is 0. The Bertz CT molecular complexity index is 456. The molecule has 1 unspecified atom stereocenters. The van der Waals surface area contributed by atoms with Crippen molar-refractivity contribution in [2.45, 2.75) is 19.4 Å². The van der Waals surface area contributed by atoms with Crippen LogP contribution in [0.3, 0.4) is 0 Å². The summed E-state index contributed by atoms with van der Waals surface area (Å²) >= 11 is 0. The summed E-state index contributed by atoms with van der Waals surface area (Å²) in [7, 11) is 0. The second kappa shape index (κ2) is 4.78. The van der Waals surface area contributed by atoms with Crippen molar-refractivity contribution in [1.29, 1.82) is 0 Å². The van der Waals surface area contributed by atoms with Crippen molar-refractivity contribution in [2.75, 3.05) is 0 Å². The number of amides is 3. The van der Waals surface area contributed by atoms with Gasteiger partial charge in [0.05, 0.1) is 12.3 Å². The smallest absolute Gasteiger partial charge is 0.276 e. The third-order valence-corrected chi connectivity index (χ3v) is 2.48. The van der Waals surface area contributed by atoms with E-state index in [1.165, 1.54) is 5.01 Å². The molecule has 1 aromatic carbocycles. The lowest BCUT2D eigenvalue weighted by molar-refractivity contribution is -0.122. The van der Waals surface area contributed by atoms with Crippen LogP contribution in [0.15, 0.2) is 35.4 Å². The van der Waals surface area contributed by atoms with Gasteiger partial charge in [-0.1, -0.05) is 30.3 Å². The quantitative estimate of drug-likeness (QED) is 0.781. The molecule has 1 N–H and O–H groups in total. The van der Waals surface area contributed by atoms with Gasteiger partial charge in [-0.25, -0.2) is 9.80 Å². The highest BCUT2D eigenvalue weighted by atomic mass is 16.2. The van der Waals surface area contributed by atoms with Gasteiger partial charge in [0.15, 0.2) is 0 Å². The summed E-state index contributed by atoms with van der Waals surface area (Å²) in [5.41, 5.74) is 0.907. The van der Waals surface area contributed by atoms with Crippen molar-refractivity contribution in [3.8, 4) is 0 Å². The minimum atomic E-state index is -0.471. The highest BCUT2D eigenvalue weighted by Gasteiger charge is 2.28. The fraction of sp³-hybridized carbons (Fsp3) is 0.250. The second-order valence-corrected chi connectivity index (χ2v) is 3.91. The number of hydrogen-bond acceptors (Lipinski definition) is 3. The first-order valence-corrected chi connectivity index (χ1v) is 5.39. The molecular weight excluding hydrogens is 218 g/mol. The molecule has 0 saturated carbocycles. The van der Waals surface area contributed by atoms with Crippen LogP contribution in [-0.2, 0) is 4.79 Å². The van der Waals surface area contributed by atoms with Crippen LogP contribution in [0.4, 0.5) is 4.79 Å². The van der Waals surface area contributed by atoms with Crippen molar-refractivity contribution < 1.29 is 9.59 Å². The molecule has 1 heterocycles. The molecule has 5 heteroatoms. The predicted octanol–water partition coefficient (Wildman–Crippen LogP) is 1.35. The van der Waals surface area contributed by atoms with Crippen LogP contribution in [-0.4, -0.2) is 29.2 Å². The molecule has 1 aromatic rings. The number of rotatable bonds is 2. The molecule has 17 heavy (non-hydrogen) atoms. The zero-order valence-electron chi connectivity index (χ0n) is 9.46. The number of nitrogens with zero attached hydrogens (tertiary/aromatic N) is 2. The Labute approximate surface area is 99.1 Å². The molecule has 1 aliphatic rings. The molecule has 0 spiro atoms. The first kappa shape index (κ1) is 11.3. The number of nitrogens with one attached hydrogen (secondary N) is 1. The standard InChI is InChI=1S/C12H13N3O2/c1-9-7-11(16)14-12(17)15(9)13-8-10-5-3-2-4-6-10/h2-6,8-9H,7H2,1H3,(H,14,16,17). The Hall–Kier alpha value is -2.17. The maximum Gasteiger partial charge on any atom is 0.344 e. The third kappa shape index (κ3) is 2.69. The molecule has 1 fully saturated rings. The van der Waals surface area contributed by atoms with E-state index in [2.05, 4.69) is 10.4 Å². The lowest BCUT2D eigenvalue weighted by Crippen LogP contribution is -2.51. The van der Waals surface area contributed by atoms with Crippen molar-refractivity contribution in [2.24, 2.45) is 5.10 Å². The number of imide groups is 1. The van der Waals surface area contributed by atoms with Crippen LogP contribution >= 0.6 is 0 Å². The first-order chi connectivity index (χ1) is 8.16. The molecular formula is C12H13N3O2. The number of urea groups is 1. The maximum absolute atomic E-state index is 11.5. The van der Waals surface area contributed by atoms with Crippen LogP contribution in [0.1, 0.15) is 18.9 Å². The zero-order valence-corrected chi connectivity index (χ0v) is 9.46. The normalized spacial score (nSPS) is 20.8. The molecule has 0 aliphatic carbocycles. The molecule has 0 bridgehead atoms. The highest BCUT2D eigenvalue weighted by molar-refractivity contribution is 5.97. The SMILES string of the molecule is CC1CC(=O)NC(=O)N1N=Cc1ccccc1. The van der Waals surface area contributed by atoms with Gasteiger partial charge in [0.25, 0.3) is 0 Å². The first-order valence-electron chi connectivity index (χ1n) is 5.39. The molecule has 5 nitrogen and oxygen atoms in total. The average Bonchev–Trinajstić information content (AvgIpc) is 2.29. The fourth-order valence-corrected chi connectivity index (χ4v) is 1.62. The summed E-state index contributed by atoms with van der Waals surface area (Å²) in [5, 5.41) is 7.61. The molecule has 88 valence electrons. The van der Waals surface area contributed by atoms with Crippen molar-refractivity contribution in [3.63, 3.8) is 0 Å². The molecule has 1 saturated heterocycles.